The first-order valence-corrected chi connectivity index (χ1v) is 12.3. The van der Waals surface area contributed by atoms with Crippen LogP contribution < -0.4 is 25.5 Å². The Balaban J connectivity index is 1.96. The number of carbonyl (C=O) groups is 1. The Kier molecular flexibility index (Phi) is 7.52. The first-order chi connectivity index (χ1) is 15.6. The lowest BCUT2D eigenvalue weighted by Crippen LogP contribution is -2.31. The minimum Gasteiger partial charge on any atom is -0.496 e. The Hall–Kier alpha value is -3.21. The van der Waals surface area contributed by atoms with Crippen molar-refractivity contribution in [2.24, 2.45) is 12.8 Å². The minimum absolute atomic E-state index is 0.0691. The highest BCUT2D eigenvalue weighted by atomic mass is 32.2. The number of nitrogens with two attached hydrogens (primary N) is 1. The van der Waals surface area contributed by atoms with Gasteiger partial charge in [-0.15, -0.1) is 0 Å². The van der Waals surface area contributed by atoms with Crippen LogP contribution in [0.4, 0.5) is 10.5 Å². The lowest BCUT2D eigenvalue weighted by atomic mass is 9.94. The average Bonchev–Trinajstić information content (AvgIpc) is 2.77. The molecular weight excluding hydrogens is 450 g/mol. The SMILES string of the molecule is CCS(=O)(=O)Nc1ccc(OC2CCC(OC(N)=O)CC2)c(-c2cn(C)c(=O)cc2OC)c1. The predicted octanol–water partition coefficient (Wildman–Crippen LogP) is 2.61. The van der Waals surface area contributed by atoms with Gasteiger partial charge >= 0.3 is 6.09 Å². The number of nitrogens with one attached hydrogen (secondary N) is 1. The molecule has 0 unspecified atom stereocenters. The van der Waals surface area contributed by atoms with Crippen molar-refractivity contribution in [3.8, 4) is 22.6 Å². The Morgan fingerprint density at radius 3 is 2.39 bits per heavy atom. The van der Waals surface area contributed by atoms with Crippen LogP contribution in [0.1, 0.15) is 32.6 Å². The summed E-state index contributed by atoms with van der Waals surface area (Å²) in [6.45, 7) is 1.55. The van der Waals surface area contributed by atoms with Crippen molar-refractivity contribution in [2.45, 2.75) is 44.8 Å². The number of methoxy groups -OCH3 is 1. The van der Waals surface area contributed by atoms with Crippen LogP contribution in [0.25, 0.3) is 11.1 Å². The third kappa shape index (κ3) is 6.19. The molecule has 0 atom stereocenters. The summed E-state index contributed by atoms with van der Waals surface area (Å²) in [4.78, 5) is 23.1. The Morgan fingerprint density at radius 1 is 1.12 bits per heavy atom. The van der Waals surface area contributed by atoms with E-state index < -0.39 is 16.1 Å². The molecule has 0 bridgehead atoms. The van der Waals surface area contributed by atoms with Crippen molar-refractivity contribution < 1.29 is 27.4 Å². The first kappa shape index (κ1) is 24.4. The van der Waals surface area contributed by atoms with Crippen LogP contribution >= 0.6 is 0 Å². The van der Waals surface area contributed by atoms with Crippen molar-refractivity contribution in [3.05, 3.63) is 40.8 Å². The largest absolute Gasteiger partial charge is 0.496 e. The maximum absolute atomic E-state index is 12.1. The highest BCUT2D eigenvalue weighted by molar-refractivity contribution is 7.92. The molecule has 3 rings (SSSR count). The number of rotatable bonds is 8. The topological polar surface area (TPSA) is 139 Å². The smallest absolute Gasteiger partial charge is 0.404 e. The number of anilines is 1. The summed E-state index contributed by atoms with van der Waals surface area (Å²) in [5.74, 6) is 0.795. The fourth-order valence-corrected chi connectivity index (χ4v) is 4.38. The quantitative estimate of drug-likeness (QED) is 0.593. The predicted molar refractivity (Wildman–Crippen MR) is 124 cm³/mol. The minimum atomic E-state index is -3.49. The zero-order chi connectivity index (χ0) is 24.2. The summed E-state index contributed by atoms with van der Waals surface area (Å²) in [6.07, 6.45) is 3.05. The van der Waals surface area contributed by atoms with Gasteiger partial charge in [0, 0.05) is 36.1 Å². The van der Waals surface area contributed by atoms with Crippen molar-refractivity contribution in [1.82, 2.24) is 4.57 Å². The third-order valence-corrected chi connectivity index (χ3v) is 6.84. The van der Waals surface area contributed by atoms with Crippen molar-refractivity contribution in [1.29, 1.82) is 0 Å². The summed E-state index contributed by atoms with van der Waals surface area (Å²) < 4.78 is 44.9. The van der Waals surface area contributed by atoms with Crippen LogP contribution in [0.3, 0.4) is 0 Å². The number of hydrogen-bond acceptors (Lipinski definition) is 7. The summed E-state index contributed by atoms with van der Waals surface area (Å²) in [5.41, 5.74) is 6.39. The van der Waals surface area contributed by atoms with Gasteiger partial charge in [-0.1, -0.05) is 0 Å². The molecule has 1 fully saturated rings. The molecule has 180 valence electrons. The number of pyridine rings is 1. The second-order valence-corrected chi connectivity index (χ2v) is 9.89. The van der Waals surface area contributed by atoms with Crippen molar-refractivity contribution in [2.75, 3.05) is 17.6 Å². The molecule has 0 aliphatic heterocycles. The zero-order valence-electron chi connectivity index (χ0n) is 18.9. The highest BCUT2D eigenvalue weighted by Crippen LogP contribution is 2.39. The Bertz CT molecular complexity index is 1170. The van der Waals surface area contributed by atoms with Gasteiger partial charge in [-0.05, 0) is 50.8 Å². The molecule has 1 saturated carbocycles. The average molecular weight is 480 g/mol. The van der Waals surface area contributed by atoms with E-state index in [-0.39, 0.29) is 23.5 Å². The van der Waals surface area contributed by atoms with Crippen LogP contribution in [0, 0.1) is 0 Å². The fraction of sp³-hybridized carbons (Fsp3) is 0.455. The number of aromatic nitrogens is 1. The maximum atomic E-state index is 12.1. The maximum Gasteiger partial charge on any atom is 0.404 e. The molecule has 1 heterocycles. The number of ether oxygens (including phenoxy) is 3. The van der Waals surface area contributed by atoms with Crippen LogP contribution in [0.5, 0.6) is 11.5 Å². The number of hydrogen-bond donors (Lipinski definition) is 2. The molecule has 1 aliphatic rings. The molecule has 2 aromatic rings. The lowest BCUT2D eigenvalue weighted by molar-refractivity contribution is 0.0471. The molecule has 11 heteroatoms. The Morgan fingerprint density at radius 2 is 1.79 bits per heavy atom. The highest BCUT2D eigenvalue weighted by Gasteiger charge is 2.26. The summed E-state index contributed by atoms with van der Waals surface area (Å²) in [7, 11) is -0.406. The van der Waals surface area contributed by atoms with Crippen LogP contribution in [0.2, 0.25) is 0 Å². The molecule has 3 N–H and O–H groups in total. The Labute approximate surface area is 192 Å². The summed E-state index contributed by atoms with van der Waals surface area (Å²) in [5, 5.41) is 0. The van der Waals surface area contributed by atoms with E-state index >= 15 is 0 Å². The van der Waals surface area contributed by atoms with E-state index in [1.165, 1.54) is 17.7 Å². The van der Waals surface area contributed by atoms with E-state index in [0.717, 1.165) is 0 Å². The lowest BCUT2D eigenvalue weighted by Gasteiger charge is -2.29. The van der Waals surface area contributed by atoms with E-state index in [1.807, 2.05) is 0 Å². The molecule has 1 aromatic carbocycles. The molecule has 1 amide bonds. The standard InChI is InChI=1S/C22H29N3O7S/c1-4-33(28,29)24-14-5-10-19(31-15-6-8-16(9-7-15)32-22(23)27)17(11-14)18-13-25(2)21(26)12-20(18)30-3/h5,10-13,15-16,24H,4,6-9H2,1-3H3,(H2,23,27). The van der Waals surface area contributed by atoms with Gasteiger partial charge in [-0.25, -0.2) is 13.2 Å². The van der Waals surface area contributed by atoms with Gasteiger partial charge in [0.25, 0.3) is 5.56 Å². The van der Waals surface area contributed by atoms with E-state index in [1.54, 1.807) is 38.4 Å². The normalized spacial score (nSPS) is 18.4. The van der Waals surface area contributed by atoms with E-state index in [4.69, 9.17) is 19.9 Å². The van der Waals surface area contributed by atoms with Crippen LogP contribution in [-0.4, -0.2) is 44.1 Å². The number of carbonyl (C=O) groups excluding carboxylic acids is 1. The van der Waals surface area contributed by atoms with E-state index in [9.17, 15) is 18.0 Å². The van der Waals surface area contributed by atoms with Gasteiger partial charge in [0.15, 0.2) is 0 Å². The molecular formula is C22H29N3O7S. The molecule has 10 nitrogen and oxygen atoms in total. The van der Waals surface area contributed by atoms with E-state index in [0.29, 0.717) is 54.0 Å². The van der Waals surface area contributed by atoms with Crippen molar-refractivity contribution in [3.63, 3.8) is 0 Å². The van der Waals surface area contributed by atoms with Gasteiger partial charge in [0.1, 0.15) is 17.6 Å². The second-order valence-electron chi connectivity index (χ2n) is 7.87. The molecule has 0 saturated heterocycles. The summed E-state index contributed by atoms with van der Waals surface area (Å²) >= 11 is 0. The molecule has 1 aromatic heterocycles. The monoisotopic (exact) mass is 479 g/mol. The first-order valence-electron chi connectivity index (χ1n) is 10.6. The number of amides is 1. The number of benzene rings is 1. The van der Waals surface area contributed by atoms with Crippen LogP contribution in [0.15, 0.2) is 35.3 Å². The van der Waals surface area contributed by atoms with Gasteiger partial charge < -0.3 is 24.5 Å². The van der Waals surface area contributed by atoms with Gasteiger partial charge in [0.05, 0.1) is 19.0 Å². The molecule has 33 heavy (non-hydrogen) atoms. The third-order valence-electron chi connectivity index (χ3n) is 5.53. The number of nitrogens with zero attached hydrogens (tertiary/aromatic N) is 1. The number of primary amides is 1. The van der Waals surface area contributed by atoms with Gasteiger partial charge in [0.2, 0.25) is 10.0 Å². The zero-order valence-corrected chi connectivity index (χ0v) is 19.7. The number of aryl methyl sites for hydroxylation is 1. The van der Waals surface area contributed by atoms with E-state index in [2.05, 4.69) is 4.72 Å². The molecule has 0 spiro atoms. The fourth-order valence-electron chi connectivity index (χ4n) is 3.75. The summed E-state index contributed by atoms with van der Waals surface area (Å²) in [6, 6.07) is 6.35. The van der Waals surface area contributed by atoms with Gasteiger partial charge in [-0.2, -0.15) is 0 Å². The second kappa shape index (κ2) is 10.2. The number of sulfonamides is 1. The molecule has 0 radical (unpaired) electrons. The van der Waals surface area contributed by atoms with Crippen LogP contribution in [-0.2, 0) is 21.8 Å². The van der Waals surface area contributed by atoms with Gasteiger partial charge in [-0.3, -0.25) is 9.52 Å². The van der Waals surface area contributed by atoms with Crippen molar-refractivity contribution >= 4 is 21.8 Å². The molecule has 1 aliphatic carbocycles.